The molecule has 7 heteroatoms. The molecule has 0 bridgehead atoms. The number of aromatic nitrogens is 2. The Morgan fingerprint density at radius 1 is 0.957 bits per heavy atom. The Bertz CT molecular complexity index is 557. The highest BCUT2D eigenvalue weighted by Crippen LogP contribution is 2.09. The van der Waals surface area contributed by atoms with E-state index in [9.17, 15) is 9.59 Å². The largest absolute Gasteiger partial charge is 0.342 e. The van der Waals surface area contributed by atoms with Gasteiger partial charge in [0.05, 0.1) is 12.7 Å². The number of nitrogens with zero attached hydrogens (tertiary/aromatic N) is 5. The van der Waals surface area contributed by atoms with E-state index in [2.05, 4.69) is 10.00 Å². The Balaban J connectivity index is 1.42. The number of carbonyl (C=O) groups is 2. The second-order valence-electron chi connectivity index (χ2n) is 6.46. The number of amides is 2. The van der Waals surface area contributed by atoms with Crippen molar-refractivity contribution >= 4 is 11.8 Å². The third-order valence-corrected chi connectivity index (χ3v) is 4.60. The number of carbonyl (C=O) groups excluding carboxylic acids is 2. The first-order valence-electron chi connectivity index (χ1n) is 8.39. The monoisotopic (exact) mass is 319 g/mol. The van der Waals surface area contributed by atoms with E-state index >= 15 is 0 Å². The van der Waals surface area contributed by atoms with Gasteiger partial charge in [0, 0.05) is 45.5 Å². The van der Waals surface area contributed by atoms with E-state index < -0.39 is 0 Å². The van der Waals surface area contributed by atoms with Crippen molar-refractivity contribution in [3.8, 4) is 0 Å². The van der Waals surface area contributed by atoms with E-state index in [0.29, 0.717) is 26.2 Å². The topological polar surface area (TPSA) is 61.7 Å². The first-order valence-corrected chi connectivity index (χ1v) is 8.39. The van der Waals surface area contributed by atoms with Crippen molar-refractivity contribution < 1.29 is 9.59 Å². The van der Waals surface area contributed by atoms with Crippen molar-refractivity contribution in [1.82, 2.24) is 24.5 Å². The second kappa shape index (κ2) is 7.12. The van der Waals surface area contributed by atoms with Crippen LogP contribution in [0.1, 0.15) is 18.4 Å². The molecule has 0 saturated carbocycles. The molecule has 2 amide bonds. The lowest BCUT2D eigenvalue weighted by Crippen LogP contribution is -2.52. The predicted octanol–water partition coefficient (Wildman–Crippen LogP) is -0.0419. The fourth-order valence-corrected chi connectivity index (χ4v) is 3.21. The maximum absolute atomic E-state index is 12.3. The Labute approximate surface area is 136 Å². The van der Waals surface area contributed by atoms with Gasteiger partial charge in [0.15, 0.2) is 0 Å². The summed E-state index contributed by atoms with van der Waals surface area (Å²) in [5, 5.41) is 4.16. The molecule has 1 aromatic heterocycles. The molecule has 0 N–H and O–H groups in total. The molecule has 23 heavy (non-hydrogen) atoms. The third-order valence-electron chi connectivity index (χ3n) is 4.60. The Morgan fingerprint density at radius 3 is 2.17 bits per heavy atom. The van der Waals surface area contributed by atoms with E-state index in [1.807, 2.05) is 22.9 Å². The molecule has 0 aromatic carbocycles. The molecular weight excluding hydrogens is 294 g/mol. The minimum absolute atomic E-state index is 0.0959. The highest BCUT2D eigenvalue weighted by Gasteiger charge is 2.25. The number of likely N-dealkylation sites (tertiary alicyclic amines) is 1. The molecule has 7 nitrogen and oxygen atoms in total. The number of piperazine rings is 1. The lowest BCUT2D eigenvalue weighted by molar-refractivity contribution is -0.135. The number of hydrogen-bond donors (Lipinski definition) is 0. The van der Waals surface area contributed by atoms with E-state index in [1.54, 1.807) is 10.9 Å². The van der Waals surface area contributed by atoms with Crippen LogP contribution in [0.2, 0.25) is 0 Å². The maximum atomic E-state index is 12.3. The van der Waals surface area contributed by atoms with Gasteiger partial charge in [-0.25, -0.2) is 0 Å². The molecule has 2 aliphatic heterocycles. The van der Waals surface area contributed by atoms with E-state index in [0.717, 1.165) is 44.6 Å². The molecule has 2 aliphatic rings. The van der Waals surface area contributed by atoms with Crippen molar-refractivity contribution in [1.29, 1.82) is 0 Å². The summed E-state index contributed by atoms with van der Waals surface area (Å²) in [5.74, 6) is 0.327. The molecule has 0 atom stereocenters. The fraction of sp³-hybridized carbons (Fsp3) is 0.688. The highest BCUT2D eigenvalue weighted by atomic mass is 16.2. The van der Waals surface area contributed by atoms with Gasteiger partial charge in [-0.1, -0.05) is 0 Å². The molecule has 0 aliphatic carbocycles. The van der Waals surface area contributed by atoms with Crippen LogP contribution in [-0.2, 0) is 16.1 Å². The molecule has 2 fully saturated rings. The minimum Gasteiger partial charge on any atom is -0.342 e. The fourth-order valence-electron chi connectivity index (χ4n) is 3.21. The normalized spacial score (nSPS) is 19.3. The van der Waals surface area contributed by atoms with Crippen molar-refractivity contribution in [2.24, 2.45) is 0 Å². The van der Waals surface area contributed by atoms with Crippen molar-refractivity contribution in [2.75, 3.05) is 45.8 Å². The van der Waals surface area contributed by atoms with Crippen LogP contribution < -0.4 is 0 Å². The second-order valence-corrected chi connectivity index (χ2v) is 6.46. The number of aryl methyl sites for hydroxylation is 1. The molecule has 1 aromatic rings. The minimum atomic E-state index is 0.0959. The summed E-state index contributed by atoms with van der Waals surface area (Å²) in [6.45, 7) is 7.46. The summed E-state index contributed by atoms with van der Waals surface area (Å²) >= 11 is 0. The van der Waals surface area contributed by atoms with Crippen LogP contribution in [0.25, 0.3) is 0 Å². The van der Waals surface area contributed by atoms with Crippen LogP contribution in [0.3, 0.4) is 0 Å². The van der Waals surface area contributed by atoms with E-state index in [4.69, 9.17) is 0 Å². The average molecular weight is 319 g/mol. The summed E-state index contributed by atoms with van der Waals surface area (Å²) < 4.78 is 1.68. The van der Waals surface area contributed by atoms with Crippen molar-refractivity contribution in [3.63, 3.8) is 0 Å². The third kappa shape index (κ3) is 4.10. The zero-order chi connectivity index (χ0) is 16.2. The van der Waals surface area contributed by atoms with Crippen LogP contribution >= 0.6 is 0 Å². The maximum Gasteiger partial charge on any atom is 0.244 e. The Kier molecular flexibility index (Phi) is 4.95. The number of hydrogen-bond acceptors (Lipinski definition) is 4. The molecule has 0 spiro atoms. The van der Waals surface area contributed by atoms with Gasteiger partial charge in [-0.15, -0.1) is 0 Å². The SMILES string of the molecule is Cc1cnn(CC(=O)N2CCN(CC(=O)N3CCCC3)CC2)c1. The molecule has 126 valence electrons. The van der Waals surface area contributed by atoms with Crippen LogP contribution in [0.4, 0.5) is 0 Å². The summed E-state index contributed by atoms with van der Waals surface area (Å²) in [7, 11) is 0. The molecule has 3 rings (SSSR count). The molecule has 2 saturated heterocycles. The summed E-state index contributed by atoms with van der Waals surface area (Å²) in [6, 6.07) is 0. The first kappa shape index (κ1) is 16.0. The first-order chi connectivity index (χ1) is 11.1. The van der Waals surface area contributed by atoms with Crippen LogP contribution in [0, 0.1) is 6.92 Å². The van der Waals surface area contributed by atoms with Crippen LogP contribution in [0.5, 0.6) is 0 Å². The quantitative estimate of drug-likeness (QED) is 0.781. The van der Waals surface area contributed by atoms with Gasteiger partial charge < -0.3 is 9.80 Å². The zero-order valence-electron chi connectivity index (χ0n) is 13.8. The van der Waals surface area contributed by atoms with Gasteiger partial charge in [-0.05, 0) is 25.3 Å². The highest BCUT2D eigenvalue weighted by molar-refractivity contribution is 5.78. The van der Waals surface area contributed by atoms with Gasteiger partial charge in [0.2, 0.25) is 11.8 Å². The van der Waals surface area contributed by atoms with Crippen molar-refractivity contribution in [2.45, 2.75) is 26.3 Å². The van der Waals surface area contributed by atoms with Gasteiger partial charge in [-0.3, -0.25) is 19.2 Å². The smallest absolute Gasteiger partial charge is 0.244 e. The number of rotatable bonds is 4. The van der Waals surface area contributed by atoms with Crippen molar-refractivity contribution in [3.05, 3.63) is 18.0 Å². The Hall–Kier alpha value is -1.89. The lowest BCUT2D eigenvalue weighted by atomic mass is 10.3. The molecular formula is C16H25N5O2. The van der Waals surface area contributed by atoms with Crippen LogP contribution in [-0.4, -0.2) is 82.1 Å². The molecule has 0 unspecified atom stereocenters. The molecule has 0 radical (unpaired) electrons. The molecule has 3 heterocycles. The van der Waals surface area contributed by atoms with Gasteiger partial charge in [0.25, 0.3) is 0 Å². The zero-order valence-corrected chi connectivity index (χ0v) is 13.8. The van der Waals surface area contributed by atoms with E-state index in [1.165, 1.54) is 0 Å². The van der Waals surface area contributed by atoms with Gasteiger partial charge in [0.1, 0.15) is 6.54 Å². The summed E-state index contributed by atoms with van der Waals surface area (Å²) in [5.41, 5.74) is 1.06. The summed E-state index contributed by atoms with van der Waals surface area (Å²) in [4.78, 5) is 30.4. The standard InChI is InChI=1S/C16H25N5O2/c1-14-10-17-21(11-14)13-16(23)20-8-6-18(7-9-20)12-15(22)19-4-2-3-5-19/h10-11H,2-9,12-13H2,1H3. The van der Waals surface area contributed by atoms with Gasteiger partial charge >= 0.3 is 0 Å². The van der Waals surface area contributed by atoms with Gasteiger partial charge in [-0.2, -0.15) is 5.10 Å². The average Bonchev–Trinajstić information content (AvgIpc) is 3.20. The lowest BCUT2D eigenvalue weighted by Gasteiger charge is -2.35. The Morgan fingerprint density at radius 2 is 1.57 bits per heavy atom. The summed E-state index contributed by atoms with van der Waals surface area (Å²) in [6.07, 6.45) is 5.89. The predicted molar refractivity (Wildman–Crippen MR) is 85.8 cm³/mol. The van der Waals surface area contributed by atoms with Crippen LogP contribution in [0.15, 0.2) is 12.4 Å². The van der Waals surface area contributed by atoms with E-state index in [-0.39, 0.29) is 11.8 Å².